The number of hydrazine groups is 1. The van der Waals surface area contributed by atoms with Crippen molar-refractivity contribution in [1.82, 2.24) is 10.4 Å². The van der Waals surface area contributed by atoms with E-state index in [4.69, 9.17) is 14.2 Å². The summed E-state index contributed by atoms with van der Waals surface area (Å²) >= 11 is 0. The number of hydrogen-bond acceptors (Lipinski definition) is 6. The van der Waals surface area contributed by atoms with Crippen molar-refractivity contribution in [2.75, 3.05) is 7.11 Å². The summed E-state index contributed by atoms with van der Waals surface area (Å²) in [6, 6.07) is 15.2. The molecule has 1 atom stereocenters. The predicted molar refractivity (Wildman–Crippen MR) is 112 cm³/mol. The molecular weight excluding hydrogens is 400 g/mol. The smallest absolute Gasteiger partial charge is 0.426 e. The van der Waals surface area contributed by atoms with Gasteiger partial charge in [-0.05, 0) is 36.1 Å². The van der Waals surface area contributed by atoms with Crippen molar-refractivity contribution in [3.63, 3.8) is 0 Å². The molecule has 31 heavy (non-hydrogen) atoms. The van der Waals surface area contributed by atoms with Crippen LogP contribution in [0.1, 0.15) is 30.9 Å². The number of carbonyl (C=O) groups excluding carboxylic acids is 3. The lowest BCUT2D eigenvalue weighted by molar-refractivity contribution is -0.157. The summed E-state index contributed by atoms with van der Waals surface area (Å²) in [5.74, 6) is -0.410. The van der Waals surface area contributed by atoms with Crippen LogP contribution in [0.4, 0.5) is 4.79 Å². The zero-order valence-corrected chi connectivity index (χ0v) is 17.6. The van der Waals surface area contributed by atoms with E-state index >= 15 is 0 Å². The number of rotatable bonds is 8. The van der Waals surface area contributed by atoms with Crippen molar-refractivity contribution >= 4 is 18.0 Å². The third-order valence-corrected chi connectivity index (χ3v) is 4.74. The highest BCUT2D eigenvalue weighted by molar-refractivity contribution is 5.85. The maximum atomic E-state index is 12.8. The van der Waals surface area contributed by atoms with Gasteiger partial charge in [-0.1, -0.05) is 42.5 Å². The SMILES string of the molecule is COc1ccc(C[C@@H](C(=O)OC2CC2)N(NC(=O)OCc2ccccc2)C(C)=O)cc1. The Morgan fingerprint density at radius 2 is 1.71 bits per heavy atom. The summed E-state index contributed by atoms with van der Waals surface area (Å²) in [4.78, 5) is 37.4. The molecule has 1 aliphatic carbocycles. The molecule has 8 heteroatoms. The number of carbonyl (C=O) groups is 3. The van der Waals surface area contributed by atoms with Crippen LogP contribution in [-0.2, 0) is 32.1 Å². The Hall–Kier alpha value is -3.55. The van der Waals surface area contributed by atoms with Gasteiger partial charge in [0.25, 0.3) is 0 Å². The van der Waals surface area contributed by atoms with Gasteiger partial charge in [0.15, 0.2) is 6.04 Å². The molecule has 0 saturated heterocycles. The minimum atomic E-state index is -1.03. The Bertz CT molecular complexity index is 896. The third-order valence-electron chi connectivity index (χ3n) is 4.74. The van der Waals surface area contributed by atoms with Crippen LogP contribution < -0.4 is 10.2 Å². The van der Waals surface area contributed by atoms with E-state index < -0.39 is 24.0 Å². The third kappa shape index (κ3) is 6.74. The zero-order valence-electron chi connectivity index (χ0n) is 17.6. The molecule has 0 spiro atoms. The fourth-order valence-electron chi connectivity index (χ4n) is 2.92. The Labute approximate surface area is 181 Å². The van der Waals surface area contributed by atoms with Crippen molar-refractivity contribution in [1.29, 1.82) is 0 Å². The molecule has 1 fully saturated rings. The Balaban J connectivity index is 1.71. The van der Waals surface area contributed by atoms with E-state index in [2.05, 4.69) is 5.43 Å². The first-order valence-electron chi connectivity index (χ1n) is 10.1. The number of esters is 1. The highest BCUT2D eigenvalue weighted by Gasteiger charge is 2.35. The molecule has 2 amide bonds. The molecule has 0 aliphatic heterocycles. The van der Waals surface area contributed by atoms with Crippen molar-refractivity contribution in [3.05, 3.63) is 65.7 Å². The van der Waals surface area contributed by atoms with E-state index in [1.54, 1.807) is 31.4 Å². The standard InChI is InChI=1S/C23H26N2O6/c1-16(26)25(24-23(28)30-15-18-6-4-3-5-7-18)21(22(27)31-20-12-13-20)14-17-8-10-19(29-2)11-9-17/h3-11,20-21H,12-15H2,1-2H3,(H,24,28)/t21-/m0/s1. The van der Waals surface area contributed by atoms with Crippen LogP contribution in [0, 0.1) is 0 Å². The normalized spacial score (nSPS) is 13.6. The summed E-state index contributed by atoms with van der Waals surface area (Å²) in [7, 11) is 1.56. The van der Waals surface area contributed by atoms with E-state index in [0.717, 1.165) is 29.0 Å². The Morgan fingerprint density at radius 1 is 1.03 bits per heavy atom. The summed E-state index contributed by atoms with van der Waals surface area (Å²) < 4.78 is 15.8. The van der Waals surface area contributed by atoms with Crippen LogP contribution in [0.2, 0.25) is 0 Å². The van der Waals surface area contributed by atoms with Gasteiger partial charge in [-0.2, -0.15) is 0 Å². The first-order chi connectivity index (χ1) is 15.0. The minimum Gasteiger partial charge on any atom is -0.497 e. The fraction of sp³-hybridized carbons (Fsp3) is 0.348. The first kappa shape index (κ1) is 22.1. The zero-order chi connectivity index (χ0) is 22.2. The number of ether oxygens (including phenoxy) is 3. The number of amides is 2. The van der Waals surface area contributed by atoms with Gasteiger partial charge in [-0.3, -0.25) is 4.79 Å². The van der Waals surface area contributed by atoms with Crippen molar-refractivity contribution in [2.45, 2.75) is 44.9 Å². The van der Waals surface area contributed by atoms with Crippen molar-refractivity contribution < 1.29 is 28.6 Å². The molecule has 0 heterocycles. The van der Waals surface area contributed by atoms with Crippen molar-refractivity contribution in [3.8, 4) is 5.75 Å². The summed E-state index contributed by atoms with van der Waals surface area (Å²) in [6.45, 7) is 1.30. The molecule has 0 unspecified atom stereocenters. The van der Waals surface area contributed by atoms with Crippen LogP contribution in [0.3, 0.4) is 0 Å². The van der Waals surface area contributed by atoms with E-state index in [0.29, 0.717) is 5.75 Å². The lowest BCUT2D eigenvalue weighted by Crippen LogP contribution is -2.55. The average molecular weight is 426 g/mol. The number of methoxy groups -OCH3 is 1. The lowest BCUT2D eigenvalue weighted by Gasteiger charge is -2.29. The van der Waals surface area contributed by atoms with Crippen molar-refractivity contribution in [2.24, 2.45) is 0 Å². The highest BCUT2D eigenvalue weighted by Crippen LogP contribution is 2.25. The number of hydrogen-bond donors (Lipinski definition) is 1. The molecule has 3 rings (SSSR count). The van der Waals surface area contributed by atoms with Gasteiger partial charge in [0.1, 0.15) is 18.5 Å². The monoisotopic (exact) mass is 426 g/mol. The summed E-state index contributed by atoms with van der Waals surface area (Å²) in [6.07, 6.45) is 0.790. The van der Waals surface area contributed by atoms with Gasteiger partial charge in [0.05, 0.1) is 7.11 Å². The van der Waals surface area contributed by atoms with E-state index in [9.17, 15) is 14.4 Å². The quantitative estimate of drug-likeness (QED) is 0.515. The molecular formula is C23H26N2O6. The molecule has 0 bridgehead atoms. The first-order valence-corrected chi connectivity index (χ1v) is 10.1. The van der Waals surface area contributed by atoms with Gasteiger partial charge in [0, 0.05) is 13.3 Å². The molecule has 1 N–H and O–H groups in total. The molecule has 0 aromatic heterocycles. The summed E-state index contributed by atoms with van der Waals surface area (Å²) in [5.41, 5.74) is 3.98. The van der Waals surface area contributed by atoms with Gasteiger partial charge in [-0.15, -0.1) is 0 Å². The molecule has 1 saturated carbocycles. The largest absolute Gasteiger partial charge is 0.497 e. The van der Waals surface area contributed by atoms with E-state index in [-0.39, 0.29) is 19.1 Å². The minimum absolute atomic E-state index is 0.0358. The van der Waals surface area contributed by atoms with Crippen LogP contribution >= 0.6 is 0 Å². The van der Waals surface area contributed by atoms with Gasteiger partial charge in [-0.25, -0.2) is 20.0 Å². The Kier molecular flexibility index (Phi) is 7.48. The fourth-order valence-corrected chi connectivity index (χ4v) is 2.92. The van der Waals surface area contributed by atoms with Crippen LogP contribution in [0.25, 0.3) is 0 Å². The summed E-state index contributed by atoms with van der Waals surface area (Å²) in [5, 5.41) is 0.974. The molecule has 8 nitrogen and oxygen atoms in total. The average Bonchev–Trinajstić information content (AvgIpc) is 3.59. The highest BCUT2D eigenvalue weighted by atomic mass is 16.6. The molecule has 2 aromatic rings. The molecule has 2 aromatic carbocycles. The maximum Gasteiger partial charge on any atom is 0.426 e. The van der Waals surface area contributed by atoms with Gasteiger partial charge >= 0.3 is 12.1 Å². The number of nitrogens with zero attached hydrogens (tertiary/aromatic N) is 1. The molecule has 1 aliphatic rings. The van der Waals surface area contributed by atoms with Gasteiger partial charge in [0.2, 0.25) is 5.91 Å². The topological polar surface area (TPSA) is 94.2 Å². The number of nitrogens with one attached hydrogen (secondary N) is 1. The molecule has 0 radical (unpaired) electrons. The van der Waals surface area contributed by atoms with E-state index in [1.165, 1.54) is 6.92 Å². The van der Waals surface area contributed by atoms with Crippen LogP contribution in [0.5, 0.6) is 5.75 Å². The Morgan fingerprint density at radius 3 is 2.29 bits per heavy atom. The second kappa shape index (κ2) is 10.5. The molecule has 164 valence electrons. The van der Waals surface area contributed by atoms with Gasteiger partial charge < -0.3 is 14.2 Å². The van der Waals surface area contributed by atoms with Crippen LogP contribution in [0.15, 0.2) is 54.6 Å². The lowest BCUT2D eigenvalue weighted by atomic mass is 10.1. The maximum absolute atomic E-state index is 12.8. The second-order valence-electron chi connectivity index (χ2n) is 7.27. The van der Waals surface area contributed by atoms with E-state index in [1.807, 2.05) is 30.3 Å². The van der Waals surface area contributed by atoms with Crippen LogP contribution in [-0.4, -0.2) is 42.2 Å². The predicted octanol–water partition coefficient (Wildman–Crippen LogP) is 3.00. The number of benzene rings is 2. The second-order valence-corrected chi connectivity index (χ2v) is 7.27.